The summed E-state index contributed by atoms with van der Waals surface area (Å²) in [6.07, 6.45) is 3.20. The van der Waals surface area contributed by atoms with Crippen LogP contribution in [0.15, 0.2) is 40.1 Å². The number of rotatable bonds is 7. The Bertz CT molecular complexity index is 729. The van der Waals surface area contributed by atoms with Crippen LogP contribution in [0.5, 0.6) is 0 Å². The minimum absolute atomic E-state index is 0.0789. The predicted molar refractivity (Wildman–Crippen MR) is 77.8 cm³/mol. The second-order valence-corrected chi connectivity index (χ2v) is 5.90. The van der Waals surface area contributed by atoms with E-state index in [9.17, 15) is 13.2 Å². The lowest BCUT2D eigenvalue weighted by atomic mass is 10.4. The van der Waals surface area contributed by atoms with E-state index in [2.05, 4.69) is 25.3 Å². The summed E-state index contributed by atoms with van der Waals surface area (Å²) in [6.45, 7) is 0.712. The summed E-state index contributed by atoms with van der Waals surface area (Å²) in [7, 11) is -2.44. The molecule has 0 bridgehead atoms. The van der Waals surface area contributed by atoms with E-state index in [-0.39, 0.29) is 10.9 Å². The molecule has 0 spiro atoms. The van der Waals surface area contributed by atoms with Gasteiger partial charge in [0.15, 0.2) is 5.76 Å². The average Bonchev–Trinajstić information content (AvgIpc) is 3.03. The molecule has 0 radical (unpaired) electrons. The van der Waals surface area contributed by atoms with Gasteiger partial charge in [-0.3, -0.25) is 4.79 Å². The summed E-state index contributed by atoms with van der Waals surface area (Å²) in [5, 5.41) is 5.19. The van der Waals surface area contributed by atoms with Crippen LogP contribution in [0.25, 0.3) is 0 Å². The molecule has 2 aromatic rings. The number of carbonyl (C=O) groups is 1. The molecule has 0 saturated carbocycles. The number of nitrogens with one attached hydrogen (secondary N) is 3. The maximum atomic E-state index is 11.8. The van der Waals surface area contributed by atoms with Crippen molar-refractivity contribution in [1.82, 2.24) is 20.0 Å². The summed E-state index contributed by atoms with van der Waals surface area (Å²) in [4.78, 5) is 19.7. The molecule has 22 heavy (non-hydrogen) atoms. The smallest absolute Gasteiger partial charge is 0.287 e. The van der Waals surface area contributed by atoms with Crippen LogP contribution < -0.4 is 15.4 Å². The van der Waals surface area contributed by atoms with Gasteiger partial charge < -0.3 is 15.1 Å². The first kappa shape index (κ1) is 15.9. The second kappa shape index (κ2) is 7.00. The third-order valence-corrected chi connectivity index (χ3v) is 3.88. The van der Waals surface area contributed by atoms with E-state index in [0.717, 1.165) is 0 Å². The average molecular weight is 325 g/mol. The molecule has 0 fully saturated rings. The van der Waals surface area contributed by atoms with Gasteiger partial charge in [-0.2, -0.15) is 0 Å². The minimum Gasteiger partial charge on any atom is -0.438 e. The fourth-order valence-electron chi connectivity index (χ4n) is 1.52. The molecule has 0 aromatic carbocycles. The maximum absolute atomic E-state index is 11.8. The zero-order chi connectivity index (χ0) is 16.0. The van der Waals surface area contributed by atoms with Crippen LogP contribution in [0.4, 0.5) is 5.95 Å². The number of hydrogen-bond acceptors (Lipinski definition) is 7. The lowest BCUT2D eigenvalue weighted by Crippen LogP contribution is -2.28. The van der Waals surface area contributed by atoms with E-state index in [1.54, 1.807) is 18.5 Å². The van der Waals surface area contributed by atoms with Gasteiger partial charge in [0.1, 0.15) is 0 Å². The number of hydrogen-bond donors (Lipinski definition) is 3. The maximum Gasteiger partial charge on any atom is 0.287 e. The Morgan fingerprint density at radius 1 is 1.23 bits per heavy atom. The molecule has 2 rings (SSSR count). The first-order chi connectivity index (χ1) is 10.5. The normalized spacial score (nSPS) is 11.1. The van der Waals surface area contributed by atoms with Gasteiger partial charge in [0.05, 0.1) is 0 Å². The molecule has 0 atom stereocenters. The van der Waals surface area contributed by atoms with Crippen LogP contribution in [-0.4, -0.2) is 44.4 Å². The number of sulfonamides is 1. The first-order valence-electron chi connectivity index (χ1n) is 6.35. The van der Waals surface area contributed by atoms with Crippen molar-refractivity contribution < 1.29 is 17.6 Å². The van der Waals surface area contributed by atoms with Gasteiger partial charge in [-0.05, 0) is 25.2 Å². The highest BCUT2D eigenvalue weighted by atomic mass is 32.2. The van der Waals surface area contributed by atoms with Crippen molar-refractivity contribution in [3.8, 4) is 0 Å². The molecule has 3 N–H and O–H groups in total. The molecular formula is C12H15N5O4S. The summed E-state index contributed by atoms with van der Waals surface area (Å²) in [6, 6.07) is 4.21. The second-order valence-electron chi connectivity index (χ2n) is 4.08. The van der Waals surface area contributed by atoms with Crippen molar-refractivity contribution >= 4 is 21.9 Å². The van der Waals surface area contributed by atoms with Crippen LogP contribution >= 0.6 is 0 Å². The Kier molecular flexibility index (Phi) is 5.07. The Morgan fingerprint density at radius 2 is 1.95 bits per heavy atom. The number of carbonyl (C=O) groups excluding carboxylic acids is 1. The van der Waals surface area contributed by atoms with Crippen molar-refractivity contribution in [3.05, 3.63) is 36.4 Å². The molecule has 0 unspecified atom stereocenters. The van der Waals surface area contributed by atoms with Gasteiger partial charge in [-0.15, -0.1) is 0 Å². The van der Waals surface area contributed by atoms with Crippen LogP contribution in [-0.2, 0) is 10.0 Å². The summed E-state index contributed by atoms with van der Waals surface area (Å²) >= 11 is 0. The summed E-state index contributed by atoms with van der Waals surface area (Å²) in [5.74, 6) is -0.129. The van der Waals surface area contributed by atoms with E-state index in [1.807, 2.05) is 0 Å². The van der Waals surface area contributed by atoms with Crippen LogP contribution in [0, 0.1) is 0 Å². The Balaban J connectivity index is 1.83. The molecule has 0 aliphatic rings. The standard InChI is InChI=1S/C12H15N5O4S/c1-13-22(19,20)10-4-3-9(21-10)11(18)14-7-8-17-12-15-5-2-6-16-12/h2-6,13H,7-8H2,1H3,(H,14,18)(H,15,16,17). The van der Waals surface area contributed by atoms with Crippen molar-refractivity contribution in [2.45, 2.75) is 5.09 Å². The Hall–Kier alpha value is -2.46. The highest BCUT2D eigenvalue weighted by molar-refractivity contribution is 7.89. The third-order valence-electron chi connectivity index (χ3n) is 2.60. The van der Waals surface area contributed by atoms with Crippen LogP contribution in [0.3, 0.4) is 0 Å². The van der Waals surface area contributed by atoms with Crippen molar-refractivity contribution in [3.63, 3.8) is 0 Å². The van der Waals surface area contributed by atoms with Crippen molar-refractivity contribution in [2.75, 3.05) is 25.5 Å². The Labute approximate surface area is 127 Å². The third kappa shape index (κ3) is 4.02. The molecule has 10 heteroatoms. The first-order valence-corrected chi connectivity index (χ1v) is 7.84. The number of amides is 1. The number of furan rings is 1. The number of aromatic nitrogens is 2. The van der Waals surface area contributed by atoms with Crippen LogP contribution in [0.2, 0.25) is 0 Å². The van der Waals surface area contributed by atoms with Crippen molar-refractivity contribution in [2.24, 2.45) is 0 Å². The van der Waals surface area contributed by atoms with Crippen molar-refractivity contribution in [1.29, 1.82) is 0 Å². The van der Waals surface area contributed by atoms with Gasteiger partial charge in [0.25, 0.3) is 15.9 Å². The molecular weight excluding hydrogens is 310 g/mol. The van der Waals surface area contributed by atoms with E-state index in [4.69, 9.17) is 4.42 Å². The molecule has 2 heterocycles. The van der Waals surface area contributed by atoms with Gasteiger partial charge in [0.2, 0.25) is 11.0 Å². The molecule has 0 saturated heterocycles. The summed E-state index contributed by atoms with van der Waals surface area (Å²) in [5.41, 5.74) is 0. The van der Waals surface area contributed by atoms with Crippen LogP contribution in [0.1, 0.15) is 10.6 Å². The van der Waals surface area contributed by atoms with E-state index in [0.29, 0.717) is 19.0 Å². The molecule has 9 nitrogen and oxygen atoms in total. The monoisotopic (exact) mass is 325 g/mol. The number of anilines is 1. The quantitative estimate of drug-likeness (QED) is 0.603. The van der Waals surface area contributed by atoms with Gasteiger partial charge in [-0.1, -0.05) is 0 Å². The molecule has 118 valence electrons. The fourth-order valence-corrected chi connectivity index (χ4v) is 2.16. The Morgan fingerprint density at radius 3 is 2.64 bits per heavy atom. The zero-order valence-electron chi connectivity index (χ0n) is 11.7. The highest BCUT2D eigenvalue weighted by Gasteiger charge is 2.19. The highest BCUT2D eigenvalue weighted by Crippen LogP contribution is 2.13. The topological polar surface area (TPSA) is 126 Å². The SMILES string of the molecule is CNS(=O)(=O)c1ccc(C(=O)NCCNc2ncccn2)o1. The molecule has 2 aromatic heterocycles. The fraction of sp³-hybridized carbons (Fsp3) is 0.250. The lowest BCUT2D eigenvalue weighted by Gasteiger charge is -2.05. The van der Waals surface area contributed by atoms with Gasteiger partial charge in [0, 0.05) is 25.5 Å². The largest absolute Gasteiger partial charge is 0.438 e. The van der Waals surface area contributed by atoms with Gasteiger partial charge in [-0.25, -0.2) is 23.1 Å². The minimum atomic E-state index is -3.70. The van der Waals surface area contributed by atoms with E-state index < -0.39 is 15.9 Å². The van der Waals surface area contributed by atoms with Gasteiger partial charge >= 0.3 is 0 Å². The summed E-state index contributed by atoms with van der Waals surface area (Å²) < 4.78 is 30.1. The van der Waals surface area contributed by atoms with E-state index in [1.165, 1.54) is 19.2 Å². The number of nitrogens with zero attached hydrogens (tertiary/aromatic N) is 2. The molecule has 0 aliphatic heterocycles. The molecule has 0 aliphatic carbocycles. The molecule has 1 amide bonds. The lowest BCUT2D eigenvalue weighted by molar-refractivity contribution is 0.0922. The van der Waals surface area contributed by atoms with E-state index >= 15 is 0 Å². The predicted octanol–water partition coefficient (Wildman–Crippen LogP) is -0.180. The zero-order valence-corrected chi connectivity index (χ0v) is 12.6.